The zero-order chi connectivity index (χ0) is 22.3. The number of H-pyrrole nitrogens is 1. The standard InChI is InChI=1S/C27H27NO4.Na/c1-2-6-20-18-24(32-23-7-4-3-5-8-23)10-12-26(20)31-14-13-22-17-21-15-19(16-27(29)30)9-11-25(21)28-22;/h3-5,7-12,15,17-18,28H,2,6,13-14,16H2,1H3,(H,29,30);. The van der Waals surface area contributed by atoms with Crippen LogP contribution < -0.4 is 9.47 Å². The normalized spacial score (nSPS) is 10.6. The van der Waals surface area contributed by atoms with Crippen molar-refractivity contribution in [2.24, 2.45) is 0 Å². The van der Waals surface area contributed by atoms with Gasteiger partial charge in [-0.15, -0.1) is 0 Å². The van der Waals surface area contributed by atoms with Crippen molar-refractivity contribution in [3.05, 3.63) is 89.6 Å². The second-order valence-electron chi connectivity index (χ2n) is 7.82. The molecule has 3 aromatic carbocycles. The third-order valence-electron chi connectivity index (χ3n) is 5.26. The summed E-state index contributed by atoms with van der Waals surface area (Å²) in [6, 6.07) is 23.5. The molecular formula is C27H27NNaO4. The van der Waals surface area contributed by atoms with Crippen molar-refractivity contribution in [1.82, 2.24) is 4.98 Å². The van der Waals surface area contributed by atoms with Gasteiger partial charge in [-0.2, -0.15) is 0 Å². The Hall–Kier alpha value is -2.73. The molecule has 33 heavy (non-hydrogen) atoms. The topological polar surface area (TPSA) is 71.6 Å². The summed E-state index contributed by atoms with van der Waals surface area (Å²) in [6.07, 6.45) is 2.70. The van der Waals surface area contributed by atoms with Crippen molar-refractivity contribution in [2.45, 2.75) is 32.6 Å². The average Bonchev–Trinajstić information content (AvgIpc) is 3.18. The summed E-state index contributed by atoms with van der Waals surface area (Å²) in [5, 5.41) is 10.0. The monoisotopic (exact) mass is 452 g/mol. The van der Waals surface area contributed by atoms with Crippen LogP contribution in [0.4, 0.5) is 0 Å². The number of aromatic nitrogens is 1. The van der Waals surface area contributed by atoms with Crippen LogP contribution in [-0.2, 0) is 24.1 Å². The number of para-hydroxylation sites is 1. The third kappa shape index (κ3) is 6.87. The van der Waals surface area contributed by atoms with Crippen molar-refractivity contribution in [2.75, 3.05) is 6.61 Å². The van der Waals surface area contributed by atoms with Crippen LogP contribution in [0.3, 0.4) is 0 Å². The molecule has 1 radical (unpaired) electrons. The van der Waals surface area contributed by atoms with Crippen LogP contribution in [0.15, 0.2) is 72.8 Å². The van der Waals surface area contributed by atoms with Gasteiger partial charge in [0, 0.05) is 47.2 Å². The Morgan fingerprint density at radius 2 is 1.76 bits per heavy atom. The van der Waals surface area contributed by atoms with Crippen LogP contribution in [-0.4, -0.2) is 52.2 Å². The summed E-state index contributed by atoms with van der Waals surface area (Å²) in [6.45, 7) is 2.70. The van der Waals surface area contributed by atoms with E-state index in [2.05, 4.69) is 24.0 Å². The fourth-order valence-electron chi connectivity index (χ4n) is 3.78. The van der Waals surface area contributed by atoms with Gasteiger partial charge in [0.05, 0.1) is 13.0 Å². The van der Waals surface area contributed by atoms with Crippen LogP contribution in [0.1, 0.15) is 30.2 Å². The van der Waals surface area contributed by atoms with Crippen molar-refractivity contribution >= 4 is 46.4 Å². The number of aliphatic carboxylic acids is 1. The zero-order valence-electron chi connectivity index (χ0n) is 19.1. The van der Waals surface area contributed by atoms with E-state index in [0.29, 0.717) is 6.61 Å². The Morgan fingerprint density at radius 3 is 2.52 bits per heavy atom. The number of carboxylic acid groups (broad SMARTS) is 1. The second kappa shape index (κ2) is 11.9. The number of ether oxygens (including phenoxy) is 2. The first kappa shape index (κ1) is 24.9. The van der Waals surface area contributed by atoms with Crippen molar-refractivity contribution < 1.29 is 19.4 Å². The van der Waals surface area contributed by atoms with E-state index < -0.39 is 5.97 Å². The minimum Gasteiger partial charge on any atom is -0.493 e. The van der Waals surface area contributed by atoms with Crippen molar-refractivity contribution in [3.8, 4) is 17.2 Å². The van der Waals surface area contributed by atoms with Gasteiger partial charge in [-0.25, -0.2) is 0 Å². The average molecular weight is 453 g/mol. The number of carbonyl (C=O) groups is 1. The smallest absolute Gasteiger partial charge is 0.307 e. The number of hydrogen-bond donors (Lipinski definition) is 2. The molecule has 0 spiro atoms. The molecule has 4 aromatic rings. The quantitative estimate of drug-likeness (QED) is 0.299. The number of carboxylic acids is 1. The molecular weight excluding hydrogens is 425 g/mol. The molecule has 0 aliphatic heterocycles. The largest absolute Gasteiger partial charge is 0.493 e. The number of rotatable bonds is 10. The molecule has 0 unspecified atom stereocenters. The van der Waals surface area contributed by atoms with E-state index in [1.165, 1.54) is 0 Å². The first-order valence-corrected chi connectivity index (χ1v) is 10.9. The van der Waals surface area contributed by atoms with E-state index in [9.17, 15) is 4.79 Å². The first-order valence-electron chi connectivity index (χ1n) is 10.9. The van der Waals surface area contributed by atoms with Crippen LogP contribution >= 0.6 is 0 Å². The van der Waals surface area contributed by atoms with Gasteiger partial charge in [-0.05, 0) is 71.5 Å². The Kier molecular flexibility index (Phi) is 9.01. The first-order chi connectivity index (χ1) is 15.6. The number of aromatic amines is 1. The summed E-state index contributed by atoms with van der Waals surface area (Å²) in [7, 11) is 0. The van der Waals surface area contributed by atoms with E-state index in [0.717, 1.165) is 64.2 Å². The predicted octanol–water partition coefficient (Wildman–Crippen LogP) is 5.78. The Morgan fingerprint density at radius 1 is 0.939 bits per heavy atom. The van der Waals surface area contributed by atoms with Gasteiger partial charge in [0.2, 0.25) is 0 Å². The molecule has 0 bridgehead atoms. The van der Waals surface area contributed by atoms with E-state index in [-0.39, 0.29) is 36.0 Å². The van der Waals surface area contributed by atoms with Gasteiger partial charge in [0.25, 0.3) is 0 Å². The molecule has 4 rings (SSSR count). The Balaban J connectivity index is 0.00000306. The van der Waals surface area contributed by atoms with Crippen LogP contribution in [0.2, 0.25) is 0 Å². The van der Waals surface area contributed by atoms with Gasteiger partial charge in [0.15, 0.2) is 0 Å². The predicted molar refractivity (Wildman–Crippen MR) is 132 cm³/mol. The maximum atomic E-state index is 10.9. The molecule has 1 aromatic heterocycles. The number of nitrogens with one attached hydrogen (secondary N) is 1. The summed E-state index contributed by atoms with van der Waals surface area (Å²) < 4.78 is 12.1. The molecule has 0 atom stereocenters. The van der Waals surface area contributed by atoms with Crippen LogP contribution in [0.25, 0.3) is 10.9 Å². The summed E-state index contributed by atoms with van der Waals surface area (Å²) in [5.41, 5.74) is 4.00. The number of aryl methyl sites for hydroxylation is 1. The van der Waals surface area contributed by atoms with E-state index >= 15 is 0 Å². The van der Waals surface area contributed by atoms with E-state index in [1.54, 1.807) is 0 Å². The molecule has 6 heteroatoms. The van der Waals surface area contributed by atoms with Gasteiger partial charge in [-0.3, -0.25) is 4.79 Å². The molecule has 0 aliphatic carbocycles. The fraction of sp³-hybridized carbons (Fsp3) is 0.222. The second-order valence-corrected chi connectivity index (χ2v) is 7.82. The molecule has 2 N–H and O–H groups in total. The molecule has 0 aliphatic rings. The van der Waals surface area contributed by atoms with Crippen LogP contribution in [0, 0.1) is 0 Å². The number of benzene rings is 3. The maximum Gasteiger partial charge on any atom is 0.307 e. The fourth-order valence-corrected chi connectivity index (χ4v) is 3.78. The summed E-state index contributed by atoms with van der Waals surface area (Å²) in [4.78, 5) is 14.3. The minimum absolute atomic E-state index is 0. The molecule has 5 nitrogen and oxygen atoms in total. The van der Waals surface area contributed by atoms with Gasteiger partial charge < -0.3 is 19.6 Å². The van der Waals surface area contributed by atoms with Gasteiger partial charge >= 0.3 is 5.97 Å². The SMILES string of the molecule is CCCc1cc(Oc2ccccc2)ccc1OCCc1cc2cc(CC(=O)O)ccc2[nH]1.[Na]. The molecule has 0 saturated heterocycles. The molecule has 0 amide bonds. The molecule has 0 saturated carbocycles. The van der Waals surface area contributed by atoms with Crippen molar-refractivity contribution in [3.63, 3.8) is 0 Å². The third-order valence-corrected chi connectivity index (χ3v) is 5.26. The van der Waals surface area contributed by atoms with Gasteiger partial charge in [0.1, 0.15) is 17.2 Å². The van der Waals surface area contributed by atoms with E-state index in [1.807, 2.05) is 60.7 Å². The van der Waals surface area contributed by atoms with Gasteiger partial charge in [-0.1, -0.05) is 37.6 Å². The molecule has 0 fully saturated rings. The van der Waals surface area contributed by atoms with Crippen LogP contribution in [0.5, 0.6) is 17.2 Å². The number of fused-ring (bicyclic) bond motifs is 1. The zero-order valence-corrected chi connectivity index (χ0v) is 21.1. The Bertz CT molecular complexity index is 1200. The van der Waals surface area contributed by atoms with E-state index in [4.69, 9.17) is 14.6 Å². The minimum atomic E-state index is -0.823. The Labute approximate surface area is 216 Å². The maximum absolute atomic E-state index is 10.9. The summed E-state index contributed by atoms with van der Waals surface area (Å²) in [5.74, 6) is 1.68. The molecule has 1 heterocycles. The summed E-state index contributed by atoms with van der Waals surface area (Å²) >= 11 is 0. The van der Waals surface area contributed by atoms with Crippen molar-refractivity contribution in [1.29, 1.82) is 0 Å². The number of hydrogen-bond acceptors (Lipinski definition) is 3. The molecule has 165 valence electrons.